The molecule has 0 aromatic heterocycles. The maximum absolute atomic E-state index is 11.5. The first kappa shape index (κ1) is 13.9. The Bertz CT molecular complexity index is 468. The van der Waals surface area contributed by atoms with Gasteiger partial charge in [-0.3, -0.25) is 4.79 Å². The highest BCUT2D eigenvalue weighted by Crippen LogP contribution is 2.38. The molecule has 1 aromatic carbocycles. The number of carbonyl (C=O) groups is 1. The number of nitrogens with zero attached hydrogens (tertiary/aromatic N) is 1. The Hall–Kier alpha value is -1.51. The van der Waals surface area contributed by atoms with Crippen LogP contribution < -0.4 is 4.90 Å². The van der Waals surface area contributed by atoms with E-state index in [4.69, 9.17) is 0 Å². The highest BCUT2D eigenvalue weighted by atomic mass is 16.4. The third-order valence-corrected chi connectivity index (χ3v) is 4.38. The first-order valence-corrected chi connectivity index (χ1v) is 7.06. The van der Waals surface area contributed by atoms with Gasteiger partial charge in [0.05, 0.1) is 5.92 Å². The summed E-state index contributed by atoms with van der Waals surface area (Å²) in [5.74, 6) is -0.977. The molecule has 0 amide bonds. The van der Waals surface area contributed by atoms with Gasteiger partial charge in [-0.2, -0.15) is 0 Å². The van der Waals surface area contributed by atoms with Crippen LogP contribution in [0.3, 0.4) is 0 Å². The SMILES string of the molecule is CCc1ccccc1N1CCCC(C(=O)O)C1(C)C. The molecule has 1 saturated heterocycles. The molecule has 0 aliphatic carbocycles. The smallest absolute Gasteiger partial charge is 0.308 e. The predicted molar refractivity (Wildman–Crippen MR) is 77.6 cm³/mol. The van der Waals surface area contributed by atoms with Crippen LogP contribution in [-0.2, 0) is 11.2 Å². The molecule has 0 saturated carbocycles. The molecule has 1 unspecified atom stereocenters. The van der Waals surface area contributed by atoms with Crippen LogP contribution in [0.1, 0.15) is 39.2 Å². The van der Waals surface area contributed by atoms with Crippen molar-refractivity contribution in [3.63, 3.8) is 0 Å². The molecule has 3 heteroatoms. The zero-order chi connectivity index (χ0) is 14.0. The number of aryl methyl sites for hydroxylation is 1. The lowest BCUT2D eigenvalue weighted by Crippen LogP contribution is -2.56. The minimum absolute atomic E-state index is 0.300. The van der Waals surface area contributed by atoms with Crippen LogP contribution in [-0.4, -0.2) is 23.2 Å². The topological polar surface area (TPSA) is 40.5 Å². The summed E-state index contributed by atoms with van der Waals surface area (Å²) in [6.07, 6.45) is 2.69. The van der Waals surface area contributed by atoms with Gasteiger partial charge in [-0.05, 0) is 44.7 Å². The van der Waals surface area contributed by atoms with Gasteiger partial charge in [0.25, 0.3) is 0 Å². The van der Waals surface area contributed by atoms with Gasteiger partial charge in [-0.15, -0.1) is 0 Å². The Kier molecular flexibility index (Phi) is 3.83. The fourth-order valence-electron chi connectivity index (χ4n) is 3.21. The molecule has 1 N–H and O–H groups in total. The van der Waals surface area contributed by atoms with Gasteiger partial charge in [0.1, 0.15) is 0 Å². The van der Waals surface area contributed by atoms with Crippen LogP contribution in [0.25, 0.3) is 0 Å². The van der Waals surface area contributed by atoms with E-state index in [1.54, 1.807) is 0 Å². The number of carboxylic acid groups (broad SMARTS) is 1. The molecule has 1 aromatic rings. The zero-order valence-corrected chi connectivity index (χ0v) is 12.0. The third kappa shape index (κ3) is 2.46. The minimum atomic E-state index is -0.677. The van der Waals surface area contributed by atoms with Gasteiger partial charge in [-0.25, -0.2) is 0 Å². The molecule has 1 atom stereocenters. The van der Waals surface area contributed by atoms with Crippen molar-refractivity contribution in [2.45, 2.75) is 45.6 Å². The molecule has 0 bridgehead atoms. The van der Waals surface area contributed by atoms with Crippen LogP contribution >= 0.6 is 0 Å². The van der Waals surface area contributed by atoms with Crippen molar-refractivity contribution in [2.24, 2.45) is 5.92 Å². The van der Waals surface area contributed by atoms with E-state index in [1.165, 1.54) is 11.3 Å². The monoisotopic (exact) mass is 261 g/mol. The molecule has 1 fully saturated rings. The molecule has 19 heavy (non-hydrogen) atoms. The summed E-state index contributed by atoms with van der Waals surface area (Å²) in [6.45, 7) is 7.19. The second-order valence-corrected chi connectivity index (χ2v) is 5.82. The summed E-state index contributed by atoms with van der Waals surface area (Å²) in [5.41, 5.74) is 2.15. The van der Waals surface area contributed by atoms with E-state index in [-0.39, 0.29) is 11.5 Å². The van der Waals surface area contributed by atoms with Crippen molar-refractivity contribution in [3.05, 3.63) is 29.8 Å². The number of carboxylic acids is 1. The first-order valence-electron chi connectivity index (χ1n) is 7.06. The molecule has 0 spiro atoms. The highest BCUT2D eigenvalue weighted by Gasteiger charge is 2.43. The van der Waals surface area contributed by atoms with E-state index in [2.05, 4.69) is 37.8 Å². The number of rotatable bonds is 3. The van der Waals surface area contributed by atoms with Gasteiger partial charge in [0.15, 0.2) is 0 Å². The van der Waals surface area contributed by atoms with Gasteiger partial charge < -0.3 is 10.0 Å². The zero-order valence-electron chi connectivity index (χ0n) is 12.0. The van der Waals surface area contributed by atoms with Crippen LogP contribution in [0.5, 0.6) is 0 Å². The summed E-state index contributed by atoms with van der Waals surface area (Å²) in [6, 6.07) is 8.34. The van der Waals surface area contributed by atoms with E-state index in [1.807, 2.05) is 12.1 Å². The van der Waals surface area contributed by atoms with Crippen molar-refractivity contribution in [1.82, 2.24) is 0 Å². The second kappa shape index (κ2) is 5.24. The van der Waals surface area contributed by atoms with Gasteiger partial charge in [0, 0.05) is 17.8 Å². The lowest BCUT2D eigenvalue weighted by atomic mass is 9.78. The standard InChI is InChI=1S/C16H23NO2/c1-4-12-8-5-6-10-14(12)17-11-7-9-13(15(18)19)16(17,2)3/h5-6,8,10,13H,4,7,9,11H2,1-3H3,(H,18,19). The predicted octanol–water partition coefficient (Wildman–Crippen LogP) is 3.33. The summed E-state index contributed by atoms with van der Waals surface area (Å²) in [5, 5.41) is 9.44. The van der Waals surface area contributed by atoms with Crippen molar-refractivity contribution in [1.29, 1.82) is 0 Å². The number of hydrogen-bond donors (Lipinski definition) is 1. The normalized spacial score (nSPS) is 22.3. The average molecular weight is 261 g/mol. The van der Waals surface area contributed by atoms with Gasteiger partial charge in [-0.1, -0.05) is 25.1 Å². The Morgan fingerprint density at radius 1 is 1.42 bits per heavy atom. The van der Waals surface area contributed by atoms with Crippen LogP contribution in [0.4, 0.5) is 5.69 Å². The largest absolute Gasteiger partial charge is 0.481 e. The maximum Gasteiger partial charge on any atom is 0.308 e. The molecular weight excluding hydrogens is 238 g/mol. The Morgan fingerprint density at radius 3 is 2.74 bits per heavy atom. The van der Waals surface area contributed by atoms with Crippen LogP contribution in [0.15, 0.2) is 24.3 Å². The Balaban J connectivity index is 2.40. The van der Waals surface area contributed by atoms with Crippen molar-refractivity contribution in [2.75, 3.05) is 11.4 Å². The van der Waals surface area contributed by atoms with Crippen molar-refractivity contribution in [3.8, 4) is 0 Å². The number of anilines is 1. The minimum Gasteiger partial charge on any atom is -0.481 e. The van der Waals surface area contributed by atoms with Crippen molar-refractivity contribution >= 4 is 11.7 Å². The Morgan fingerprint density at radius 2 is 2.11 bits per heavy atom. The maximum atomic E-state index is 11.5. The Labute approximate surface area is 115 Å². The lowest BCUT2D eigenvalue weighted by Gasteiger charge is -2.48. The fourth-order valence-corrected chi connectivity index (χ4v) is 3.21. The van der Waals surface area contributed by atoms with Crippen LogP contribution in [0.2, 0.25) is 0 Å². The lowest BCUT2D eigenvalue weighted by molar-refractivity contribution is -0.144. The molecule has 1 heterocycles. The number of hydrogen-bond acceptors (Lipinski definition) is 2. The molecule has 0 radical (unpaired) electrons. The van der Waals surface area contributed by atoms with E-state index in [9.17, 15) is 9.90 Å². The quantitative estimate of drug-likeness (QED) is 0.907. The van der Waals surface area contributed by atoms with Gasteiger partial charge >= 0.3 is 5.97 Å². The van der Waals surface area contributed by atoms with Crippen molar-refractivity contribution < 1.29 is 9.90 Å². The first-order chi connectivity index (χ1) is 8.98. The number of para-hydroxylation sites is 1. The summed E-state index contributed by atoms with van der Waals surface area (Å²) >= 11 is 0. The number of benzene rings is 1. The average Bonchev–Trinajstić information content (AvgIpc) is 2.37. The number of piperidine rings is 1. The molecule has 3 nitrogen and oxygen atoms in total. The molecule has 1 aliphatic heterocycles. The summed E-state index contributed by atoms with van der Waals surface area (Å²) < 4.78 is 0. The van der Waals surface area contributed by atoms with E-state index in [0.29, 0.717) is 0 Å². The molecule has 104 valence electrons. The van der Waals surface area contributed by atoms with E-state index in [0.717, 1.165) is 25.8 Å². The molecular formula is C16H23NO2. The van der Waals surface area contributed by atoms with Crippen LogP contribution in [0, 0.1) is 5.92 Å². The molecule has 2 rings (SSSR count). The summed E-state index contributed by atoms with van der Waals surface area (Å²) in [4.78, 5) is 13.8. The number of aliphatic carboxylic acids is 1. The summed E-state index contributed by atoms with van der Waals surface area (Å²) in [7, 11) is 0. The molecule has 1 aliphatic rings. The fraction of sp³-hybridized carbons (Fsp3) is 0.562. The highest BCUT2D eigenvalue weighted by molar-refractivity contribution is 5.74. The van der Waals surface area contributed by atoms with Gasteiger partial charge in [0.2, 0.25) is 0 Å². The van der Waals surface area contributed by atoms with E-state index >= 15 is 0 Å². The third-order valence-electron chi connectivity index (χ3n) is 4.38. The second-order valence-electron chi connectivity index (χ2n) is 5.82. The van der Waals surface area contributed by atoms with E-state index < -0.39 is 5.97 Å².